The van der Waals surface area contributed by atoms with Crippen molar-refractivity contribution in [2.45, 2.75) is 51.7 Å². The van der Waals surface area contributed by atoms with Gasteiger partial charge in [-0.1, -0.05) is 50.2 Å². The molecule has 2 heteroatoms. The molecule has 2 heterocycles. The van der Waals surface area contributed by atoms with Crippen molar-refractivity contribution in [3.05, 3.63) is 64.7 Å². The molecule has 2 aliphatic rings. The number of benzene rings is 2. The standard InChI is InChI=1S/C22H27NO/c1-14(2)16-10-11-20-19(13-16)22-18(9-6-12-24-22)21(23-20)17-8-5-4-7-15(17)3/h4-5,7-8,10-11,13-14,18,21-23H,6,9,12H2,1-3H3. The minimum atomic E-state index is 0.221. The Bertz CT molecular complexity index is 736. The largest absolute Gasteiger partial charge is 0.378 e. The van der Waals surface area contributed by atoms with E-state index in [4.69, 9.17) is 4.74 Å². The third-order valence-electron chi connectivity index (χ3n) is 5.68. The first-order valence-electron chi connectivity index (χ1n) is 9.22. The van der Waals surface area contributed by atoms with Gasteiger partial charge in [-0.15, -0.1) is 0 Å². The van der Waals surface area contributed by atoms with Gasteiger partial charge in [-0.05, 0) is 48.4 Å². The van der Waals surface area contributed by atoms with Gasteiger partial charge in [0.25, 0.3) is 0 Å². The van der Waals surface area contributed by atoms with Crippen LogP contribution in [0.15, 0.2) is 42.5 Å². The van der Waals surface area contributed by atoms with Crippen LogP contribution in [0.5, 0.6) is 0 Å². The van der Waals surface area contributed by atoms with Crippen LogP contribution in [0.1, 0.15) is 67.0 Å². The molecule has 0 spiro atoms. The van der Waals surface area contributed by atoms with E-state index in [1.807, 2.05) is 0 Å². The molecule has 4 rings (SSSR count). The zero-order valence-electron chi connectivity index (χ0n) is 14.9. The van der Waals surface area contributed by atoms with Gasteiger partial charge in [0.05, 0.1) is 12.1 Å². The highest BCUT2D eigenvalue weighted by atomic mass is 16.5. The van der Waals surface area contributed by atoms with Crippen LogP contribution in [0.25, 0.3) is 0 Å². The first-order chi connectivity index (χ1) is 11.6. The molecule has 0 amide bonds. The second-order valence-electron chi connectivity index (χ2n) is 7.58. The van der Waals surface area contributed by atoms with E-state index < -0.39 is 0 Å². The fourth-order valence-corrected chi connectivity index (χ4v) is 4.29. The molecule has 24 heavy (non-hydrogen) atoms. The summed E-state index contributed by atoms with van der Waals surface area (Å²) in [4.78, 5) is 0. The predicted octanol–water partition coefficient (Wildman–Crippen LogP) is 5.75. The topological polar surface area (TPSA) is 21.3 Å². The summed E-state index contributed by atoms with van der Waals surface area (Å²) >= 11 is 0. The summed E-state index contributed by atoms with van der Waals surface area (Å²) in [5, 5.41) is 3.84. The zero-order chi connectivity index (χ0) is 16.7. The molecule has 3 unspecified atom stereocenters. The first kappa shape index (κ1) is 15.7. The Kier molecular flexibility index (Phi) is 4.09. The molecule has 3 atom stereocenters. The molecule has 0 radical (unpaired) electrons. The van der Waals surface area contributed by atoms with Crippen molar-refractivity contribution in [2.75, 3.05) is 11.9 Å². The van der Waals surface area contributed by atoms with E-state index in [9.17, 15) is 0 Å². The van der Waals surface area contributed by atoms with Crippen LogP contribution >= 0.6 is 0 Å². The molecule has 2 aromatic rings. The van der Waals surface area contributed by atoms with Crippen LogP contribution in [0.4, 0.5) is 5.69 Å². The maximum Gasteiger partial charge on any atom is 0.0895 e. The molecule has 2 aliphatic heterocycles. The molecule has 1 fully saturated rings. The van der Waals surface area contributed by atoms with Gasteiger partial charge in [0.15, 0.2) is 0 Å². The highest BCUT2D eigenvalue weighted by Gasteiger charge is 2.40. The number of anilines is 1. The fourth-order valence-electron chi connectivity index (χ4n) is 4.29. The number of nitrogens with one attached hydrogen (secondary N) is 1. The maximum atomic E-state index is 6.29. The highest BCUT2D eigenvalue weighted by Crippen LogP contribution is 2.49. The summed E-state index contributed by atoms with van der Waals surface area (Å²) in [5.41, 5.74) is 6.78. The van der Waals surface area contributed by atoms with E-state index in [0.29, 0.717) is 17.9 Å². The van der Waals surface area contributed by atoms with Crippen molar-refractivity contribution in [3.8, 4) is 0 Å². The molecule has 2 aromatic carbocycles. The Morgan fingerprint density at radius 1 is 1.08 bits per heavy atom. The normalized spacial score (nSPS) is 25.8. The first-order valence-corrected chi connectivity index (χ1v) is 9.22. The lowest BCUT2D eigenvalue weighted by atomic mass is 9.76. The number of ether oxygens (including phenoxy) is 1. The van der Waals surface area contributed by atoms with Gasteiger partial charge in [0.1, 0.15) is 0 Å². The van der Waals surface area contributed by atoms with Gasteiger partial charge in [-0.2, -0.15) is 0 Å². The lowest BCUT2D eigenvalue weighted by Gasteiger charge is -2.44. The molecule has 0 bridgehead atoms. The van der Waals surface area contributed by atoms with Gasteiger partial charge in [0, 0.05) is 23.8 Å². The summed E-state index contributed by atoms with van der Waals surface area (Å²) in [5.74, 6) is 1.06. The van der Waals surface area contributed by atoms with Crippen molar-refractivity contribution in [2.24, 2.45) is 5.92 Å². The number of aryl methyl sites for hydroxylation is 1. The van der Waals surface area contributed by atoms with Gasteiger partial charge >= 0.3 is 0 Å². The molecule has 1 N–H and O–H groups in total. The van der Waals surface area contributed by atoms with Crippen LogP contribution in [0, 0.1) is 12.8 Å². The third-order valence-corrected chi connectivity index (χ3v) is 5.68. The van der Waals surface area contributed by atoms with Gasteiger partial charge in [0.2, 0.25) is 0 Å². The molecular formula is C22H27NO. The van der Waals surface area contributed by atoms with E-state index in [2.05, 4.69) is 68.6 Å². The summed E-state index contributed by atoms with van der Waals surface area (Å²) < 4.78 is 6.29. The number of rotatable bonds is 2. The van der Waals surface area contributed by atoms with Crippen LogP contribution in [0.3, 0.4) is 0 Å². The summed E-state index contributed by atoms with van der Waals surface area (Å²) in [6.45, 7) is 7.61. The van der Waals surface area contributed by atoms with Crippen LogP contribution in [-0.4, -0.2) is 6.61 Å². The van der Waals surface area contributed by atoms with E-state index >= 15 is 0 Å². The smallest absolute Gasteiger partial charge is 0.0895 e. The fraction of sp³-hybridized carbons (Fsp3) is 0.455. The SMILES string of the molecule is Cc1ccccc1C1Nc2ccc(C(C)C)cc2C2OCCCC12. The zero-order valence-corrected chi connectivity index (χ0v) is 14.9. The van der Waals surface area contributed by atoms with Crippen molar-refractivity contribution < 1.29 is 4.74 Å². The average Bonchev–Trinajstić information content (AvgIpc) is 2.61. The Morgan fingerprint density at radius 3 is 2.71 bits per heavy atom. The Morgan fingerprint density at radius 2 is 1.92 bits per heavy atom. The summed E-state index contributed by atoms with van der Waals surface area (Å²) in [6.07, 6.45) is 2.60. The van der Waals surface area contributed by atoms with E-state index in [1.54, 1.807) is 0 Å². The van der Waals surface area contributed by atoms with Crippen LogP contribution < -0.4 is 5.32 Å². The highest BCUT2D eigenvalue weighted by molar-refractivity contribution is 5.59. The second-order valence-corrected chi connectivity index (χ2v) is 7.58. The number of fused-ring (bicyclic) bond motifs is 3. The number of hydrogen-bond acceptors (Lipinski definition) is 2. The molecule has 1 saturated heterocycles. The van der Waals surface area contributed by atoms with Crippen LogP contribution in [0.2, 0.25) is 0 Å². The van der Waals surface area contributed by atoms with E-state index in [0.717, 1.165) is 13.0 Å². The molecule has 0 aromatic heterocycles. The lowest BCUT2D eigenvalue weighted by molar-refractivity contribution is -0.0382. The molecule has 0 aliphatic carbocycles. The molecule has 2 nitrogen and oxygen atoms in total. The van der Waals surface area contributed by atoms with Crippen molar-refractivity contribution in [1.29, 1.82) is 0 Å². The Labute approximate surface area is 145 Å². The van der Waals surface area contributed by atoms with Crippen molar-refractivity contribution in [3.63, 3.8) is 0 Å². The summed E-state index contributed by atoms with van der Waals surface area (Å²) in [6, 6.07) is 16.0. The van der Waals surface area contributed by atoms with Crippen LogP contribution in [-0.2, 0) is 4.74 Å². The van der Waals surface area contributed by atoms with Gasteiger partial charge in [-0.25, -0.2) is 0 Å². The minimum absolute atomic E-state index is 0.221. The van der Waals surface area contributed by atoms with Gasteiger partial charge in [-0.3, -0.25) is 0 Å². The lowest BCUT2D eigenvalue weighted by Crippen LogP contribution is -2.36. The monoisotopic (exact) mass is 321 g/mol. The Hall–Kier alpha value is -1.80. The number of hydrogen-bond donors (Lipinski definition) is 1. The van der Waals surface area contributed by atoms with Crippen molar-refractivity contribution >= 4 is 5.69 Å². The minimum Gasteiger partial charge on any atom is -0.378 e. The average molecular weight is 321 g/mol. The second kappa shape index (κ2) is 6.25. The molecule has 0 saturated carbocycles. The molecular weight excluding hydrogens is 294 g/mol. The van der Waals surface area contributed by atoms with E-state index in [1.165, 1.54) is 34.4 Å². The maximum absolute atomic E-state index is 6.29. The molecule has 126 valence electrons. The van der Waals surface area contributed by atoms with Gasteiger partial charge < -0.3 is 10.1 Å². The Balaban J connectivity index is 1.79. The van der Waals surface area contributed by atoms with Crippen molar-refractivity contribution in [1.82, 2.24) is 0 Å². The quantitative estimate of drug-likeness (QED) is 0.760. The summed E-state index contributed by atoms with van der Waals surface area (Å²) in [7, 11) is 0. The predicted molar refractivity (Wildman–Crippen MR) is 99.5 cm³/mol. The third kappa shape index (κ3) is 2.63. The van der Waals surface area contributed by atoms with E-state index in [-0.39, 0.29) is 6.10 Å².